The van der Waals surface area contributed by atoms with Crippen LogP contribution in [0.5, 0.6) is 0 Å². The quantitative estimate of drug-likeness (QED) is 0.582. The average molecular weight is 156 g/mol. The van der Waals surface area contributed by atoms with Gasteiger partial charge in [-0.15, -0.1) is 0 Å². The standard InChI is InChI=1S/C8H16N2O/c1-11-3-2-7-8(6-10-7)4-9-5-8/h7,9-10H,2-6H2,1H3. The first-order valence-corrected chi connectivity index (χ1v) is 4.30. The summed E-state index contributed by atoms with van der Waals surface area (Å²) in [6.07, 6.45) is 1.16. The monoisotopic (exact) mass is 156 g/mol. The SMILES string of the molecule is COCCC1NCC12CNC2. The van der Waals surface area contributed by atoms with Crippen molar-refractivity contribution in [3.05, 3.63) is 0 Å². The van der Waals surface area contributed by atoms with Crippen LogP contribution in [-0.4, -0.2) is 39.4 Å². The van der Waals surface area contributed by atoms with Gasteiger partial charge in [0.1, 0.15) is 0 Å². The molecule has 2 N–H and O–H groups in total. The van der Waals surface area contributed by atoms with E-state index < -0.39 is 0 Å². The van der Waals surface area contributed by atoms with Crippen LogP contribution in [-0.2, 0) is 4.74 Å². The molecule has 2 heterocycles. The highest BCUT2D eigenvalue weighted by molar-refractivity contribution is 5.09. The first-order valence-electron chi connectivity index (χ1n) is 4.30. The molecule has 2 rings (SSSR count). The van der Waals surface area contributed by atoms with E-state index in [4.69, 9.17) is 4.74 Å². The Morgan fingerprint density at radius 2 is 2.27 bits per heavy atom. The zero-order valence-corrected chi connectivity index (χ0v) is 7.02. The Hall–Kier alpha value is -0.120. The van der Waals surface area contributed by atoms with Crippen molar-refractivity contribution in [3.63, 3.8) is 0 Å². The van der Waals surface area contributed by atoms with E-state index in [-0.39, 0.29) is 0 Å². The van der Waals surface area contributed by atoms with Crippen LogP contribution in [0.3, 0.4) is 0 Å². The van der Waals surface area contributed by atoms with E-state index in [1.165, 1.54) is 19.6 Å². The van der Waals surface area contributed by atoms with Crippen LogP contribution in [0.1, 0.15) is 6.42 Å². The fourth-order valence-corrected chi connectivity index (χ4v) is 2.00. The maximum atomic E-state index is 5.05. The van der Waals surface area contributed by atoms with Crippen molar-refractivity contribution >= 4 is 0 Å². The van der Waals surface area contributed by atoms with Crippen LogP contribution in [0.15, 0.2) is 0 Å². The lowest BCUT2D eigenvalue weighted by Gasteiger charge is -2.57. The van der Waals surface area contributed by atoms with Crippen molar-refractivity contribution < 1.29 is 4.74 Å². The molecular weight excluding hydrogens is 140 g/mol. The first-order chi connectivity index (χ1) is 5.37. The van der Waals surface area contributed by atoms with E-state index in [0.29, 0.717) is 11.5 Å². The zero-order chi connectivity index (χ0) is 7.73. The van der Waals surface area contributed by atoms with E-state index in [2.05, 4.69) is 10.6 Å². The predicted molar refractivity (Wildman–Crippen MR) is 43.6 cm³/mol. The van der Waals surface area contributed by atoms with Gasteiger partial charge in [-0.3, -0.25) is 0 Å². The molecule has 0 radical (unpaired) electrons. The van der Waals surface area contributed by atoms with Crippen molar-refractivity contribution in [2.75, 3.05) is 33.4 Å². The normalized spacial score (nSPS) is 33.0. The molecule has 2 aliphatic rings. The Morgan fingerprint density at radius 3 is 2.64 bits per heavy atom. The van der Waals surface area contributed by atoms with Gasteiger partial charge in [0.15, 0.2) is 0 Å². The molecule has 0 amide bonds. The molecule has 0 aromatic rings. The Labute approximate surface area is 67.5 Å². The van der Waals surface area contributed by atoms with E-state index in [1.807, 2.05) is 0 Å². The third kappa shape index (κ3) is 1.08. The summed E-state index contributed by atoms with van der Waals surface area (Å²) in [7, 11) is 1.77. The molecule has 3 nitrogen and oxygen atoms in total. The van der Waals surface area contributed by atoms with Crippen molar-refractivity contribution in [2.45, 2.75) is 12.5 Å². The lowest BCUT2D eigenvalue weighted by molar-refractivity contribution is 0.00486. The van der Waals surface area contributed by atoms with E-state index in [0.717, 1.165) is 13.0 Å². The first kappa shape index (κ1) is 7.53. The number of hydrogen-bond acceptors (Lipinski definition) is 3. The lowest BCUT2D eigenvalue weighted by atomic mass is 9.68. The number of nitrogens with one attached hydrogen (secondary N) is 2. The minimum Gasteiger partial charge on any atom is -0.385 e. The van der Waals surface area contributed by atoms with Crippen LogP contribution < -0.4 is 10.6 Å². The Balaban J connectivity index is 1.77. The summed E-state index contributed by atoms with van der Waals surface area (Å²) < 4.78 is 5.05. The summed E-state index contributed by atoms with van der Waals surface area (Å²) in [6.45, 7) is 4.50. The smallest absolute Gasteiger partial charge is 0.0477 e. The van der Waals surface area contributed by atoms with Crippen LogP contribution in [0.2, 0.25) is 0 Å². The molecule has 0 aromatic heterocycles. The summed E-state index contributed by atoms with van der Waals surface area (Å²) in [5.41, 5.74) is 0.610. The van der Waals surface area contributed by atoms with Crippen LogP contribution in [0, 0.1) is 5.41 Å². The second-order valence-corrected chi connectivity index (χ2v) is 3.68. The van der Waals surface area contributed by atoms with Crippen LogP contribution in [0.4, 0.5) is 0 Å². The fraction of sp³-hybridized carbons (Fsp3) is 1.00. The van der Waals surface area contributed by atoms with Crippen molar-refractivity contribution in [1.82, 2.24) is 10.6 Å². The largest absolute Gasteiger partial charge is 0.385 e. The molecule has 1 unspecified atom stereocenters. The molecular formula is C8H16N2O. The topological polar surface area (TPSA) is 33.3 Å². The highest BCUT2D eigenvalue weighted by Gasteiger charge is 2.50. The number of hydrogen-bond donors (Lipinski definition) is 2. The Bertz CT molecular complexity index is 140. The molecule has 0 aromatic carbocycles. The molecule has 0 saturated carbocycles. The summed E-state index contributed by atoms with van der Waals surface area (Å²) in [5, 5.41) is 6.78. The highest BCUT2D eigenvalue weighted by atomic mass is 16.5. The molecule has 1 atom stereocenters. The number of methoxy groups -OCH3 is 1. The zero-order valence-electron chi connectivity index (χ0n) is 7.02. The predicted octanol–water partition coefficient (Wildman–Crippen LogP) is -0.416. The molecule has 2 saturated heterocycles. The van der Waals surface area contributed by atoms with E-state index in [9.17, 15) is 0 Å². The van der Waals surface area contributed by atoms with Gasteiger partial charge in [0.2, 0.25) is 0 Å². The van der Waals surface area contributed by atoms with Crippen molar-refractivity contribution in [2.24, 2.45) is 5.41 Å². The van der Waals surface area contributed by atoms with Gasteiger partial charge < -0.3 is 15.4 Å². The van der Waals surface area contributed by atoms with E-state index >= 15 is 0 Å². The van der Waals surface area contributed by atoms with Gasteiger partial charge in [-0.05, 0) is 6.42 Å². The van der Waals surface area contributed by atoms with Gasteiger partial charge in [-0.25, -0.2) is 0 Å². The molecule has 3 heteroatoms. The average Bonchev–Trinajstić information content (AvgIpc) is 1.83. The van der Waals surface area contributed by atoms with Gasteiger partial charge in [0, 0.05) is 44.8 Å². The van der Waals surface area contributed by atoms with Gasteiger partial charge in [-0.2, -0.15) is 0 Å². The molecule has 2 fully saturated rings. The minimum absolute atomic E-state index is 0.610. The van der Waals surface area contributed by atoms with Crippen molar-refractivity contribution in [1.29, 1.82) is 0 Å². The maximum absolute atomic E-state index is 5.05. The third-order valence-corrected chi connectivity index (χ3v) is 3.00. The van der Waals surface area contributed by atoms with Gasteiger partial charge in [0.05, 0.1) is 0 Å². The summed E-state index contributed by atoms with van der Waals surface area (Å²) in [5.74, 6) is 0. The Morgan fingerprint density at radius 1 is 1.45 bits per heavy atom. The molecule has 1 spiro atoms. The minimum atomic E-state index is 0.610. The highest BCUT2D eigenvalue weighted by Crippen LogP contribution is 2.35. The maximum Gasteiger partial charge on any atom is 0.0477 e. The summed E-state index contributed by atoms with van der Waals surface area (Å²) in [4.78, 5) is 0. The second-order valence-electron chi connectivity index (χ2n) is 3.68. The Kier molecular flexibility index (Phi) is 1.87. The van der Waals surface area contributed by atoms with Gasteiger partial charge in [0.25, 0.3) is 0 Å². The lowest BCUT2D eigenvalue weighted by Crippen LogP contribution is -2.75. The number of rotatable bonds is 3. The van der Waals surface area contributed by atoms with E-state index in [1.54, 1.807) is 7.11 Å². The summed E-state index contributed by atoms with van der Waals surface area (Å²) >= 11 is 0. The molecule has 2 aliphatic heterocycles. The number of ether oxygens (including phenoxy) is 1. The molecule has 0 aliphatic carbocycles. The van der Waals surface area contributed by atoms with Gasteiger partial charge >= 0.3 is 0 Å². The van der Waals surface area contributed by atoms with Crippen LogP contribution >= 0.6 is 0 Å². The summed E-state index contributed by atoms with van der Waals surface area (Å²) in [6, 6.07) is 0.712. The van der Waals surface area contributed by atoms with Crippen molar-refractivity contribution in [3.8, 4) is 0 Å². The molecule has 64 valence electrons. The van der Waals surface area contributed by atoms with Crippen LogP contribution in [0.25, 0.3) is 0 Å². The second kappa shape index (κ2) is 2.73. The third-order valence-electron chi connectivity index (χ3n) is 3.00. The van der Waals surface area contributed by atoms with Gasteiger partial charge in [-0.1, -0.05) is 0 Å². The molecule has 0 bridgehead atoms. The molecule has 11 heavy (non-hydrogen) atoms. The fourth-order valence-electron chi connectivity index (χ4n) is 2.00.